The van der Waals surface area contributed by atoms with Crippen molar-refractivity contribution < 1.29 is 72.7 Å². The zero-order chi connectivity index (χ0) is 11.9. The zero-order valence-corrected chi connectivity index (χ0v) is 12.8. The minimum Gasteiger partial charge on any atom is -0.445 e. The molecule has 1 aromatic carbocycles. The predicted molar refractivity (Wildman–Crippen MR) is 51.5 cm³/mol. The SMILES string of the molecule is NS(=O)(=O)c1ccc([B-](F)(F)F)c(Cl)c1.[K+]. The third-order valence-corrected chi connectivity index (χ3v) is 2.89. The van der Waals surface area contributed by atoms with Crippen LogP contribution in [0.15, 0.2) is 23.1 Å². The summed E-state index contributed by atoms with van der Waals surface area (Å²) in [5.74, 6) is 0. The van der Waals surface area contributed by atoms with Crippen molar-refractivity contribution in [1.82, 2.24) is 0 Å². The molecule has 0 fully saturated rings. The number of hydrogen-bond acceptors (Lipinski definition) is 2. The minimum atomic E-state index is -5.25. The van der Waals surface area contributed by atoms with Crippen LogP contribution >= 0.6 is 11.6 Å². The molecule has 0 aromatic heterocycles. The van der Waals surface area contributed by atoms with Crippen molar-refractivity contribution in [2.75, 3.05) is 0 Å². The molecule has 1 rings (SSSR count). The molecule has 1 aromatic rings. The number of sulfonamides is 1. The summed E-state index contributed by atoms with van der Waals surface area (Å²) in [5, 5.41) is 4.05. The van der Waals surface area contributed by atoms with E-state index in [1.54, 1.807) is 0 Å². The van der Waals surface area contributed by atoms with Gasteiger partial charge in [-0.1, -0.05) is 23.1 Å². The summed E-state index contributed by atoms with van der Waals surface area (Å²) in [5.41, 5.74) is -1.04. The van der Waals surface area contributed by atoms with Crippen molar-refractivity contribution in [2.45, 2.75) is 4.90 Å². The molecule has 0 amide bonds. The largest absolute Gasteiger partial charge is 1.00 e. The molecular weight excluding hydrogens is 292 g/mol. The molecule has 16 heavy (non-hydrogen) atoms. The van der Waals surface area contributed by atoms with E-state index in [4.69, 9.17) is 16.7 Å². The first-order valence-electron chi connectivity index (χ1n) is 3.64. The molecule has 0 heterocycles. The maximum atomic E-state index is 12.3. The molecule has 10 heteroatoms. The van der Waals surface area contributed by atoms with Crippen molar-refractivity contribution in [3.05, 3.63) is 23.2 Å². The van der Waals surface area contributed by atoms with Crippen LogP contribution in [-0.2, 0) is 10.0 Å². The van der Waals surface area contributed by atoms with E-state index in [0.29, 0.717) is 12.1 Å². The fourth-order valence-electron chi connectivity index (χ4n) is 0.950. The predicted octanol–water partition coefficient (Wildman–Crippen LogP) is -1.95. The number of hydrogen-bond donors (Lipinski definition) is 1. The van der Waals surface area contributed by atoms with E-state index in [2.05, 4.69) is 0 Å². The monoisotopic (exact) mass is 297 g/mol. The number of benzene rings is 1. The van der Waals surface area contributed by atoms with Crippen LogP contribution in [0.25, 0.3) is 0 Å². The second kappa shape index (κ2) is 5.70. The fourth-order valence-corrected chi connectivity index (χ4v) is 1.86. The molecular formula is C6H5BClF3KNO2S. The molecule has 0 unspecified atom stereocenters. The molecule has 0 atom stereocenters. The van der Waals surface area contributed by atoms with Crippen LogP contribution in [-0.4, -0.2) is 15.4 Å². The molecule has 0 saturated carbocycles. The van der Waals surface area contributed by atoms with Crippen molar-refractivity contribution in [3.8, 4) is 0 Å². The van der Waals surface area contributed by atoms with Crippen LogP contribution in [0.3, 0.4) is 0 Å². The number of nitrogens with two attached hydrogens (primary N) is 1. The maximum Gasteiger partial charge on any atom is 1.00 e. The van der Waals surface area contributed by atoms with Crippen molar-refractivity contribution in [3.63, 3.8) is 0 Å². The maximum absolute atomic E-state index is 12.3. The second-order valence-electron chi connectivity index (χ2n) is 2.80. The first-order valence-corrected chi connectivity index (χ1v) is 5.57. The molecule has 0 saturated heterocycles. The van der Waals surface area contributed by atoms with Crippen LogP contribution in [0.5, 0.6) is 0 Å². The normalized spacial score (nSPS) is 12.1. The number of primary sulfonamides is 1. The van der Waals surface area contributed by atoms with E-state index in [1.165, 1.54) is 0 Å². The number of rotatable bonds is 2. The topological polar surface area (TPSA) is 60.2 Å². The van der Waals surface area contributed by atoms with Gasteiger partial charge in [-0.3, -0.25) is 0 Å². The smallest absolute Gasteiger partial charge is 0.445 e. The minimum absolute atomic E-state index is 0. The Morgan fingerprint density at radius 2 is 1.75 bits per heavy atom. The van der Waals surface area contributed by atoms with Gasteiger partial charge < -0.3 is 12.9 Å². The summed E-state index contributed by atoms with van der Waals surface area (Å²) in [6.07, 6.45) is 0. The van der Waals surface area contributed by atoms with Crippen molar-refractivity contribution >= 4 is 34.1 Å². The summed E-state index contributed by atoms with van der Waals surface area (Å²) in [6, 6.07) is 2.05. The number of halogens is 4. The molecule has 0 radical (unpaired) electrons. The first kappa shape index (κ1) is 16.9. The summed E-state index contributed by atoms with van der Waals surface area (Å²) in [4.78, 5) is -0.448. The van der Waals surface area contributed by atoms with Gasteiger partial charge in [0.15, 0.2) is 0 Å². The van der Waals surface area contributed by atoms with Gasteiger partial charge in [-0.05, 0) is 12.1 Å². The molecule has 0 spiro atoms. The van der Waals surface area contributed by atoms with Crippen molar-refractivity contribution in [2.24, 2.45) is 5.14 Å². The average Bonchev–Trinajstić information content (AvgIpc) is 1.99. The van der Waals surface area contributed by atoms with Gasteiger partial charge >= 0.3 is 58.4 Å². The van der Waals surface area contributed by atoms with E-state index >= 15 is 0 Å². The summed E-state index contributed by atoms with van der Waals surface area (Å²) < 4.78 is 58.4. The molecule has 0 aliphatic carbocycles. The Morgan fingerprint density at radius 1 is 1.25 bits per heavy atom. The van der Waals surface area contributed by atoms with E-state index < -0.39 is 32.4 Å². The van der Waals surface area contributed by atoms with Crippen LogP contribution in [0.2, 0.25) is 5.02 Å². The Morgan fingerprint density at radius 3 is 2.06 bits per heavy atom. The van der Waals surface area contributed by atoms with E-state index in [-0.39, 0.29) is 51.4 Å². The van der Waals surface area contributed by atoms with E-state index in [1.807, 2.05) is 0 Å². The zero-order valence-electron chi connectivity index (χ0n) is 8.12. The van der Waals surface area contributed by atoms with Crippen LogP contribution in [0.1, 0.15) is 0 Å². The van der Waals surface area contributed by atoms with Gasteiger partial charge in [0.1, 0.15) is 0 Å². The molecule has 0 bridgehead atoms. The van der Waals surface area contributed by atoms with Crippen LogP contribution < -0.4 is 62.0 Å². The summed E-state index contributed by atoms with van der Waals surface area (Å²) >= 11 is 5.30. The first-order chi connectivity index (χ1) is 6.62. The van der Waals surface area contributed by atoms with Crippen LogP contribution in [0, 0.1) is 0 Å². The summed E-state index contributed by atoms with van der Waals surface area (Å²) in [7, 11) is -4.03. The molecule has 84 valence electrons. The Hall–Kier alpha value is 0.911. The van der Waals surface area contributed by atoms with Gasteiger partial charge in [0, 0.05) is 5.02 Å². The molecule has 2 N–H and O–H groups in total. The van der Waals surface area contributed by atoms with Crippen molar-refractivity contribution in [1.29, 1.82) is 0 Å². The third-order valence-electron chi connectivity index (χ3n) is 1.65. The van der Waals surface area contributed by atoms with E-state index in [0.717, 1.165) is 6.07 Å². The van der Waals surface area contributed by atoms with Crippen LogP contribution in [0.4, 0.5) is 12.9 Å². The Kier molecular flexibility index (Phi) is 6.03. The third kappa shape index (κ3) is 4.30. The van der Waals surface area contributed by atoms with E-state index in [9.17, 15) is 21.4 Å². The van der Waals surface area contributed by atoms with Gasteiger partial charge in [-0.15, -0.1) is 0 Å². The van der Waals surface area contributed by atoms with Gasteiger partial charge in [-0.2, -0.15) is 0 Å². The summed E-state index contributed by atoms with van der Waals surface area (Å²) in [6.45, 7) is -5.25. The molecule has 0 aliphatic rings. The quantitative estimate of drug-likeness (QED) is 0.645. The van der Waals surface area contributed by atoms with Gasteiger partial charge in [-0.25, -0.2) is 13.6 Å². The molecule has 3 nitrogen and oxygen atoms in total. The Balaban J connectivity index is 0.00000225. The Labute approximate surface area is 138 Å². The van der Waals surface area contributed by atoms with Gasteiger partial charge in [0.2, 0.25) is 10.0 Å². The fraction of sp³-hybridized carbons (Fsp3) is 0. The second-order valence-corrected chi connectivity index (χ2v) is 4.77. The van der Waals surface area contributed by atoms with Gasteiger partial charge in [0.05, 0.1) is 4.90 Å². The molecule has 0 aliphatic heterocycles. The average molecular weight is 298 g/mol. The van der Waals surface area contributed by atoms with Gasteiger partial charge in [0.25, 0.3) is 0 Å². The standard InChI is InChI=1S/C6H5BClF3NO2S.K/c8-6-3-4(15(12,13)14)1-2-5(6)7(9,10)11;/h1-3H,(H2,12,13,14);/q-1;+1. The Bertz CT molecular complexity index is 493.